The van der Waals surface area contributed by atoms with Gasteiger partial charge in [-0.25, -0.2) is 0 Å². The van der Waals surface area contributed by atoms with Crippen molar-refractivity contribution >= 4 is 73.4 Å². The number of nitrogens with zero attached hydrogens (tertiary/aromatic N) is 1. The van der Waals surface area contributed by atoms with Crippen molar-refractivity contribution in [1.29, 1.82) is 0 Å². The van der Waals surface area contributed by atoms with Crippen molar-refractivity contribution in [2.75, 3.05) is 18.4 Å². The van der Waals surface area contributed by atoms with Gasteiger partial charge in [-0.1, -0.05) is 140 Å². The van der Waals surface area contributed by atoms with E-state index in [1.165, 1.54) is 21.2 Å². The third-order valence-electron chi connectivity index (χ3n) is 7.37. The molecule has 0 aliphatic carbocycles. The number of benzene rings is 5. The summed E-state index contributed by atoms with van der Waals surface area (Å²) < 4.78 is 67.8. The molecule has 2 nitrogen and oxygen atoms in total. The zero-order valence-electron chi connectivity index (χ0n) is 27.3. The van der Waals surface area contributed by atoms with Crippen LogP contribution in [0.3, 0.4) is 0 Å². The number of halogens is 9. The quantitative estimate of drug-likeness (QED) is 0.0523. The normalized spacial score (nSPS) is 15.0. The van der Waals surface area contributed by atoms with E-state index in [2.05, 4.69) is 126 Å². The molecule has 5 aromatic rings. The van der Waals surface area contributed by atoms with Gasteiger partial charge in [0.05, 0.1) is 5.34 Å². The van der Waals surface area contributed by atoms with Gasteiger partial charge in [0, 0.05) is 30.0 Å². The van der Waals surface area contributed by atoms with Crippen molar-refractivity contribution in [3.05, 3.63) is 164 Å². The van der Waals surface area contributed by atoms with E-state index in [-0.39, 0.29) is 32.3 Å². The van der Waals surface area contributed by atoms with E-state index in [0.717, 1.165) is 18.7 Å². The maximum absolute atomic E-state index is 13.9. The molecule has 1 heterocycles. The van der Waals surface area contributed by atoms with Crippen molar-refractivity contribution in [2.45, 2.75) is 11.3 Å². The van der Waals surface area contributed by atoms with Crippen molar-refractivity contribution in [2.24, 2.45) is 0 Å². The fourth-order valence-electron chi connectivity index (χ4n) is 5.62. The van der Waals surface area contributed by atoms with E-state index >= 15 is 0 Å². The number of hydrogen-bond acceptors (Lipinski definition) is 1. The second kappa shape index (κ2) is 23.8. The molecule has 1 fully saturated rings. The van der Waals surface area contributed by atoms with Crippen LogP contribution in [-0.2, 0) is 21.1 Å². The molecule has 15 heteroatoms. The smallest absolute Gasteiger partial charge is 0.418 e. The topological polar surface area (TPSA) is 20.3 Å². The van der Waals surface area contributed by atoms with Crippen molar-refractivity contribution < 1.29 is 56.3 Å². The summed E-state index contributed by atoms with van der Waals surface area (Å²) in [5, 5.41) is 5.69. The molecular weight excluding hydrogens is 946 g/mol. The second-order valence-electron chi connectivity index (χ2n) is 10.6. The molecule has 6 rings (SSSR count). The Morgan fingerprint density at radius 3 is 1.02 bits per heavy atom. The summed E-state index contributed by atoms with van der Waals surface area (Å²) >= 11 is 9.53. The monoisotopic (exact) mass is 978 g/mol. The Hall–Kier alpha value is -2.73. The van der Waals surface area contributed by atoms with E-state index in [1.807, 2.05) is 30.3 Å². The van der Waals surface area contributed by atoms with Crippen molar-refractivity contribution in [3.8, 4) is 0 Å². The van der Waals surface area contributed by atoms with Crippen LogP contribution < -0.4 is 21.2 Å². The molecule has 0 unspecified atom stereocenters. The van der Waals surface area contributed by atoms with E-state index in [4.69, 9.17) is 23.2 Å². The van der Waals surface area contributed by atoms with Crippen LogP contribution in [0, 0.1) is 6.68 Å². The third-order valence-corrected chi connectivity index (χ3v) is 13.4. The molecule has 0 saturated carbocycles. The Morgan fingerprint density at radius 1 is 0.577 bits per heavy atom. The standard InChI is InChI=1S/C35H31NOP2.CH2Cl2.CF3.BF4.Pt/c37-35(28-16-6-1-7-17-28)36-26-33(38(29-18-8-2-9-19-29)30-20-10-3-11-21-30)34(27-36)39(31-22-12-4-13-23-31)32-24-14-5-15-25-32;2-1-3;2-1(3)4;2-1(3,4)5;/h1-25,33-34H,26-27H2;1H2;;;/q;;2*-1;+2/t33-,34-;;;;/m1..../s1. The van der Waals surface area contributed by atoms with Crippen LogP contribution in [0.4, 0.5) is 30.4 Å². The van der Waals surface area contributed by atoms with E-state index < -0.39 is 29.8 Å². The molecule has 0 aromatic heterocycles. The van der Waals surface area contributed by atoms with Gasteiger partial charge in [0.15, 0.2) is 6.68 Å². The summed E-state index contributed by atoms with van der Waals surface area (Å²) in [6.07, 6.45) is 0. The molecule has 5 aromatic carbocycles. The molecular formula is C37H33BCl2F7NOP2Pt. The van der Waals surface area contributed by atoms with Gasteiger partial charge in [0.25, 0.3) is 5.91 Å². The average molecular weight is 979 g/mol. The largest absolute Gasteiger partial charge is 2.00 e. The Kier molecular flexibility index (Phi) is 20.8. The molecule has 0 radical (unpaired) electrons. The summed E-state index contributed by atoms with van der Waals surface area (Å²) in [6, 6.07) is 53.7. The Labute approximate surface area is 326 Å². The first kappa shape index (κ1) is 45.4. The van der Waals surface area contributed by atoms with Crippen LogP contribution in [-0.4, -0.2) is 47.8 Å². The maximum atomic E-state index is 13.9. The minimum Gasteiger partial charge on any atom is -0.418 e. The first-order valence-electron chi connectivity index (χ1n) is 15.4. The zero-order chi connectivity index (χ0) is 37.2. The van der Waals surface area contributed by atoms with Gasteiger partial charge in [-0.15, -0.1) is 23.2 Å². The minimum absolute atomic E-state index is 0. The van der Waals surface area contributed by atoms with Crippen LogP contribution in [0.15, 0.2) is 152 Å². The molecule has 278 valence electrons. The minimum atomic E-state index is -6.00. The molecule has 0 spiro atoms. The fraction of sp³-hybridized carbons (Fsp3) is 0.135. The summed E-state index contributed by atoms with van der Waals surface area (Å²) in [6.45, 7) is -1.57. The van der Waals surface area contributed by atoms with Gasteiger partial charge >= 0.3 is 28.3 Å². The fourth-order valence-corrected chi connectivity index (χ4v) is 12.1. The Morgan fingerprint density at radius 2 is 0.788 bits per heavy atom. The van der Waals surface area contributed by atoms with Gasteiger partial charge in [0.2, 0.25) is 0 Å². The van der Waals surface area contributed by atoms with Crippen molar-refractivity contribution in [1.82, 2.24) is 4.90 Å². The van der Waals surface area contributed by atoms with Gasteiger partial charge in [-0.05, 0) is 49.2 Å². The molecule has 1 aliphatic rings. The summed E-state index contributed by atoms with van der Waals surface area (Å²) in [4.78, 5) is 16.0. The third kappa shape index (κ3) is 15.3. The summed E-state index contributed by atoms with van der Waals surface area (Å²) in [5.41, 5.74) is 1.41. The number of alkyl halides is 2. The molecule has 0 N–H and O–H groups in total. The van der Waals surface area contributed by atoms with Crippen LogP contribution in [0.5, 0.6) is 0 Å². The number of likely N-dealkylation sites (tertiary alicyclic amines) is 1. The molecule has 52 heavy (non-hydrogen) atoms. The van der Waals surface area contributed by atoms with E-state index in [9.17, 15) is 35.2 Å². The number of hydrogen-bond donors (Lipinski definition) is 0. The molecule has 0 bridgehead atoms. The van der Waals surface area contributed by atoms with E-state index in [0.29, 0.717) is 11.3 Å². The van der Waals surface area contributed by atoms with E-state index in [1.54, 1.807) is 0 Å². The van der Waals surface area contributed by atoms with Crippen molar-refractivity contribution in [3.63, 3.8) is 0 Å². The van der Waals surface area contributed by atoms with Crippen LogP contribution in [0.2, 0.25) is 0 Å². The zero-order valence-corrected chi connectivity index (χ0v) is 32.8. The Balaban J connectivity index is 0.000000631. The molecule has 1 amide bonds. The number of carbonyl (C=O) groups is 1. The Bertz CT molecular complexity index is 1510. The predicted molar refractivity (Wildman–Crippen MR) is 201 cm³/mol. The summed E-state index contributed by atoms with van der Waals surface area (Å²) in [5.74, 6) is 0.134. The van der Waals surface area contributed by atoms with Crippen LogP contribution in [0.1, 0.15) is 10.4 Å². The molecule has 2 atom stereocenters. The number of amides is 1. The SMILES string of the molecule is ClCCl.F[B-](F)(F)F.F[C-](F)F.O=C(c1ccccc1)N1C[C@@H](P(c2ccccc2)c2ccccc2)[C@H](P(c2ccccc2)c2ccccc2)C1.[Pt+2]. The predicted octanol–water partition coefficient (Wildman–Crippen LogP) is 10.2. The van der Waals surface area contributed by atoms with Crippen LogP contribution in [0.25, 0.3) is 0 Å². The van der Waals surface area contributed by atoms with Gasteiger partial charge in [-0.2, -0.15) is 0 Å². The maximum Gasteiger partial charge on any atom is 2.00 e. The van der Waals surface area contributed by atoms with Gasteiger partial charge in [0.1, 0.15) is 0 Å². The average Bonchev–Trinajstić information content (AvgIpc) is 3.54. The number of rotatable bonds is 7. The first-order valence-corrected chi connectivity index (χ1v) is 19.3. The van der Waals surface area contributed by atoms with Crippen LogP contribution >= 0.6 is 39.0 Å². The second-order valence-corrected chi connectivity index (χ2v) is 16.3. The van der Waals surface area contributed by atoms with Gasteiger partial charge < -0.3 is 35.3 Å². The van der Waals surface area contributed by atoms with Gasteiger partial charge in [-0.3, -0.25) is 4.79 Å². The first-order chi connectivity index (χ1) is 24.4. The molecule has 1 aliphatic heterocycles. The number of carbonyl (C=O) groups excluding carboxylic acids is 1. The molecule has 1 saturated heterocycles. The summed E-state index contributed by atoms with van der Waals surface area (Å²) in [7, 11) is -7.40.